The Morgan fingerprint density at radius 1 is 0.906 bits per heavy atom. The van der Waals surface area contributed by atoms with Gasteiger partial charge in [-0.2, -0.15) is 0 Å². The number of rotatable bonds is 12. The maximum atomic E-state index is 12.3. The third-order valence-corrected chi connectivity index (χ3v) is 5.12. The molecule has 0 aliphatic rings. The van der Waals surface area contributed by atoms with Gasteiger partial charge in [-0.15, -0.1) is 0 Å². The zero-order valence-electron chi connectivity index (χ0n) is 19.1. The molecule has 0 spiro atoms. The third kappa shape index (κ3) is 9.11. The van der Waals surface area contributed by atoms with E-state index < -0.39 is 0 Å². The molecule has 0 aromatic heterocycles. The number of nitrogens with zero attached hydrogens (tertiary/aromatic N) is 1. The van der Waals surface area contributed by atoms with Crippen molar-refractivity contribution in [3.05, 3.63) is 59.7 Å². The highest BCUT2D eigenvalue weighted by Gasteiger charge is 2.06. The smallest absolute Gasteiger partial charge is 0.269 e. The lowest BCUT2D eigenvalue weighted by atomic mass is 10.1. The standard InChI is InChI=1S/C24H34N4O3S/c1-4-28(5-2)17-7-16-25-24(32)27-26-23(29)20-10-8-19(9-11-20)18-31-22-14-12-21(13-15-22)30-6-3/h8-15H,4-7,16-18H2,1-3H3,(H,26,29)(H2,25,27,32). The van der Waals surface area contributed by atoms with Crippen LogP contribution in [0.15, 0.2) is 48.5 Å². The van der Waals surface area contributed by atoms with E-state index in [1.165, 1.54) is 0 Å². The van der Waals surface area contributed by atoms with E-state index in [-0.39, 0.29) is 5.91 Å². The molecule has 174 valence electrons. The normalized spacial score (nSPS) is 10.5. The zero-order chi connectivity index (χ0) is 23.2. The Morgan fingerprint density at radius 3 is 2.12 bits per heavy atom. The summed E-state index contributed by atoms with van der Waals surface area (Å²) in [5.41, 5.74) is 6.86. The second-order valence-electron chi connectivity index (χ2n) is 7.11. The Balaban J connectivity index is 1.69. The summed E-state index contributed by atoms with van der Waals surface area (Å²) >= 11 is 5.21. The summed E-state index contributed by atoms with van der Waals surface area (Å²) < 4.78 is 11.2. The second kappa shape index (κ2) is 14.3. The molecule has 0 saturated carbocycles. The van der Waals surface area contributed by atoms with Crippen LogP contribution in [-0.4, -0.2) is 48.7 Å². The van der Waals surface area contributed by atoms with Gasteiger partial charge in [0.1, 0.15) is 18.1 Å². The summed E-state index contributed by atoms with van der Waals surface area (Å²) in [6, 6.07) is 14.8. The first-order valence-corrected chi connectivity index (χ1v) is 11.5. The van der Waals surface area contributed by atoms with Gasteiger partial charge in [-0.25, -0.2) is 0 Å². The van der Waals surface area contributed by atoms with E-state index in [0.29, 0.717) is 23.9 Å². The van der Waals surface area contributed by atoms with Gasteiger partial charge in [0.2, 0.25) is 0 Å². The maximum absolute atomic E-state index is 12.3. The van der Waals surface area contributed by atoms with Crippen molar-refractivity contribution in [2.75, 3.05) is 32.8 Å². The average Bonchev–Trinajstić information content (AvgIpc) is 2.82. The lowest BCUT2D eigenvalue weighted by Gasteiger charge is -2.18. The molecule has 2 rings (SSSR count). The van der Waals surface area contributed by atoms with E-state index in [4.69, 9.17) is 21.7 Å². The zero-order valence-corrected chi connectivity index (χ0v) is 20.0. The molecule has 0 saturated heterocycles. The predicted molar refractivity (Wildman–Crippen MR) is 132 cm³/mol. The minimum Gasteiger partial charge on any atom is -0.494 e. The minimum atomic E-state index is -0.253. The van der Waals surface area contributed by atoms with Crippen LogP contribution in [0.5, 0.6) is 11.5 Å². The van der Waals surface area contributed by atoms with Gasteiger partial charge in [0.15, 0.2) is 5.11 Å². The first kappa shape index (κ1) is 25.4. The summed E-state index contributed by atoms with van der Waals surface area (Å²) in [6.07, 6.45) is 0.984. The predicted octanol–water partition coefficient (Wildman–Crippen LogP) is 3.51. The van der Waals surface area contributed by atoms with Crippen LogP contribution in [0.1, 0.15) is 43.1 Å². The van der Waals surface area contributed by atoms with Crippen molar-refractivity contribution in [2.24, 2.45) is 0 Å². The van der Waals surface area contributed by atoms with Crippen LogP contribution in [0.25, 0.3) is 0 Å². The van der Waals surface area contributed by atoms with Crippen molar-refractivity contribution in [3.63, 3.8) is 0 Å². The number of nitrogens with one attached hydrogen (secondary N) is 3. The van der Waals surface area contributed by atoms with E-state index >= 15 is 0 Å². The molecular formula is C24H34N4O3S. The lowest BCUT2D eigenvalue weighted by molar-refractivity contribution is 0.0943. The summed E-state index contributed by atoms with van der Waals surface area (Å²) in [6.45, 7) is 11.2. The number of hydrazine groups is 1. The number of amides is 1. The molecule has 0 aliphatic heterocycles. The van der Waals surface area contributed by atoms with Gasteiger partial charge in [0.25, 0.3) is 5.91 Å². The third-order valence-electron chi connectivity index (χ3n) is 4.88. The number of carbonyl (C=O) groups excluding carboxylic acids is 1. The van der Waals surface area contributed by atoms with Crippen LogP contribution in [0.4, 0.5) is 0 Å². The fraction of sp³-hybridized carbons (Fsp3) is 0.417. The molecule has 0 atom stereocenters. The molecule has 2 aromatic rings. The molecule has 8 heteroatoms. The largest absolute Gasteiger partial charge is 0.494 e. The van der Waals surface area contributed by atoms with Crippen molar-refractivity contribution < 1.29 is 14.3 Å². The molecular weight excluding hydrogens is 424 g/mol. The number of carbonyl (C=O) groups is 1. The first-order valence-electron chi connectivity index (χ1n) is 11.1. The molecule has 0 aliphatic carbocycles. The fourth-order valence-corrected chi connectivity index (χ4v) is 3.15. The maximum Gasteiger partial charge on any atom is 0.269 e. The molecule has 0 unspecified atom stereocenters. The molecule has 2 aromatic carbocycles. The van der Waals surface area contributed by atoms with Crippen molar-refractivity contribution in [1.29, 1.82) is 0 Å². The summed E-state index contributed by atoms with van der Waals surface area (Å²) in [4.78, 5) is 14.7. The molecule has 1 amide bonds. The monoisotopic (exact) mass is 458 g/mol. The molecule has 0 radical (unpaired) electrons. The number of thiocarbonyl (C=S) groups is 1. The van der Waals surface area contributed by atoms with Crippen molar-refractivity contribution in [3.8, 4) is 11.5 Å². The molecule has 3 N–H and O–H groups in total. The van der Waals surface area contributed by atoms with Gasteiger partial charge in [0.05, 0.1) is 6.61 Å². The Bertz CT molecular complexity index is 824. The highest BCUT2D eigenvalue weighted by Crippen LogP contribution is 2.18. The van der Waals surface area contributed by atoms with Crippen LogP contribution in [-0.2, 0) is 6.61 Å². The summed E-state index contributed by atoms with van der Waals surface area (Å²) in [5, 5.41) is 3.50. The number of hydrogen-bond donors (Lipinski definition) is 3. The van der Waals surface area contributed by atoms with Crippen molar-refractivity contribution >= 4 is 23.2 Å². The SMILES string of the molecule is CCOc1ccc(OCc2ccc(C(=O)NNC(=S)NCCCN(CC)CC)cc2)cc1. The van der Waals surface area contributed by atoms with Crippen LogP contribution in [0, 0.1) is 0 Å². The van der Waals surface area contributed by atoms with E-state index in [1.807, 2.05) is 43.3 Å². The van der Waals surface area contributed by atoms with Gasteiger partial charge >= 0.3 is 0 Å². The van der Waals surface area contributed by atoms with Crippen molar-refractivity contribution in [2.45, 2.75) is 33.8 Å². The fourth-order valence-electron chi connectivity index (χ4n) is 2.99. The van der Waals surface area contributed by atoms with E-state index in [1.54, 1.807) is 12.1 Å². The van der Waals surface area contributed by atoms with Crippen LogP contribution in [0.2, 0.25) is 0 Å². The molecule has 0 bridgehead atoms. The molecule has 7 nitrogen and oxygen atoms in total. The average molecular weight is 459 g/mol. The summed E-state index contributed by atoms with van der Waals surface area (Å²) in [7, 11) is 0. The highest BCUT2D eigenvalue weighted by molar-refractivity contribution is 7.80. The van der Waals surface area contributed by atoms with Crippen LogP contribution in [0.3, 0.4) is 0 Å². The van der Waals surface area contributed by atoms with E-state index in [0.717, 1.165) is 49.7 Å². The molecule has 0 heterocycles. The molecule has 0 fully saturated rings. The van der Waals surface area contributed by atoms with Gasteiger partial charge < -0.3 is 19.7 Å². The quantitative estimate of drug-likeness (QED) is 0.255. The van der Waals surface area contributed by atoms with Crippen LogP contribution < -0.4 is 25.6 Å². The topological polar surface area (TPSA) is 74.9 Å². The molecule has 32 heavy (non-hydrogen) atoms. The number of ether oxygens (including phenoxy) is 2. The highest BCUT2D eigenvalue weighted by atomic mass is 32.1. The van der Waals surface area contributed by atoms with Gasteiger partial charge in [-0.1, -0.05) is 26.0 Å². The van der Waals surface area contributed by atoms with Gasteiger partial charge in [-0.3, -0.25) is 15.6 Å². The van der Waals surface area contributed by atoms with E-state index in [9.17, 15) is 4.79 Å². The number of benzene rings is 2. The Hall–Kier alpha value is -2.84. The lowest BCUT2D eigenvalue weighted by Crippen LogP contribution is -2.47. The van der Waals surface area contributed by atoms with Crippen LogP contribution >= 0.6 is 12.2 Å². The Labute approximate surface area is 196 Å². The Morgan fingerprint density at radius 2 is 1.53 bits per heavy atom. The van der Waals surface area contributed by atoms with Gasteiger partial charge in [0, 0.05) is 12.1 Å². The first-order chi connectivity index (χ1) is 15.5. The summed E-state index contributed by atoms with van der Waals surface area (Å²) in [5.74, 6) is 1.33. The van der Waals surface area contributed by atoms with E-state index in [2.05, 4.69) is 34.9 Å². The van der Waals surface area contributed by atoms with Crippen molar-refractivity contribution in [1.82, 2.24) is 21.1 Å². The minimum absolute atomic E-state index is 0.253. The number of hydrogen-bond acceptors (Lipinski definition) is 5. The van der Waals surface area contributed by atoms with Gasteiger partial charge in [-0.05, 0) is 87.2 Å². The Kier molecular flexibility index (Phi) is 11.3. The second-order valence-corrected chi connectivity index (χ2v) is 7.51.